The van der Waals surface area contributed by atoms with E-state index in [1.165, 1.54) is 193 Å². The number of ether oxygens (including phenoxy) is 4. The number of aliphatic hydroxyl groups excluding tert-OH is 1. The Morgan fingerprint density at radius 3 is 0.739 bits per heavy atom. The Morgan fingerprint density at radius 2 is 0.500 bits per heavy atom. The van der Waals surface area contributed by atoms with Crippen molar-refractivity contribution in [2.75, 3.05) is 39.6 Å². The number of hydrogen-bond donors (Lipinski definition) is 3. The van der Waals surface area contributed by atoms with E-state index in [1.54, 1.807) is 0 Å². The molecule has 0 saturated heterocycles. The second-order valence-corrected chi connectivity index (χ2v) is 29.7. The molecule has 3 N–H and O–H groups in total. The smallest absolute Gasteiger partial charge is 0.462 e. The highest BCUT2D eigenvalue weighted by molar-refractivity contribution is 7.47. The van der Waals surface area contributed by atoms with Gasteiger partial charge in [0.05, 0.1) is 26.4 Å². The molecule has 0 heterocycles. The third-order valence-corrected chi connectivity index (χ3v) is 18.9. The number of phosphoric ester groups is 2. The third kappa shape index (κ3) is 66.7. The van der Waals surface area contributed by atoms with Crippen molar-refractivity contribution < 1.29 is 80.2 Å². The van der Waals surface area contributed by atoms with Gasteiger partial charge in [0.15, 0.2) is 12.2 Å². The third-order valence-electron chi connectivity index (χ3n) is 17.0. The van der Waals surface area contributed by atoms with Crippen LogP contribution in [0.3, 0.4) is 0 Å². The van der Waals surface area contributed by atoms with Gasteiger partial charge in [-0.1, -0.05) is 330 Å². The molecule has 17 nitrogen and oxygen atoms in total. The van der Waals surface area contributed by atoms with E-state index in [9.17, 15) is 43.2 Å². The first-order valence-corrected chi connectivity index (χ1v) is 41.1. The van der Waals surface area contributed by atoms with Crippen LogP contribution in [0.4, 0.5) is 0 Å². The van der Waals surface area contributed by atoms with Crippen LogP contribution in [0.5, 0.6) is 0 Å². The van der Waals surface area contributed by atoms with E-state index in [0.29, 0.717) is 25.7 Å². The summed E-state index contributed by atoms with van der Waals surface area (Å²) >= 11 is 0. The summed E-state index contributed by atoms with van der Waals surface area (Å²) in [5, 5.41) is 10.6. The Labute approximate surface area is 562 Å². The van der Waals surface area contributed by atoms with Gasteiger partial charge >= 0.3 is 39.5 Å². The SMILES string of the molecule is CCCCCCCCCCCCCCCCCCCCCCCC(=O)O[C@H](COC(=O)CCCCCCCCCCCCCC(C)C)COP(=O)(O)OC[C@@H](O)COP(=O)(O)OC[C@@H](COC(=O)CCCCCCCCC)OC(=O)CCCCCCCCCCCC. The summed E-state index contributed by atoms with van der Waals surface area (Å²) in [6.45, 7) is 7.22. The zero-order valence-electron chi connectivity index (χ0n) is 59.7. The number of esters is 4. The number of carbonyl (C=O) groups is 4. The van der Waals surface area contributed by atoms with Gasteiger partial charge in [0.1, 0.15) is 19.3 Å². The van der Waals surface area contributed by atoms with E-state index in [2.05, 4.69) is 34.6 Å². The van der Waals surface area contributed by atoms with Crippen LogP contribution in [0, 0.1) is 5.92 Å². The molecule has 0 radical (unpaired) electrons. The minimum atomic E-state index is -4.95. The number of phosphoric acid groups is 2. The Kier molecular flexibility index (Phi) is 64.9. The molecular weight excluding hydrogens is 1210 g/mol. The lowest BCUT2D eigenvalue weighted by Crippen LogP contribution is -2.30. The van der Waals surface area contributed by atoms with Gasteiger partial charge in [-0.05, 0) is 31.6 Å². The molecule has 92 heavy (non-hydrogen) atoms. The van der Waals surface area contributed by atoms with Gasteiger partial charge in [0.2, 0.25) is 0 Å². The summed E-state index contributed by atoms with van der Waals surface area (Å²) in [4.78, 5) is 72.5. The van der Waals surface area contributed by atoms with Gasteiger partial charge in [-0.15, -0.1) is 0 Å². The summed E-state index contributed by atoms with van der Waals surface area (Å²) in [5.41, 5.74) is 0. The van der Waals surface area contributed by atoms with E-state index in [4.69, 9.17) is 37.0 Å². The molecule has 19 heteroatoms. The molecule has 0 aliphatic heterocycles. The minimum absolute atomic E-state index is 0.106. The predicted molar refractivity (Wildman–Crippen MR) is 372 cm³/mol. The monoisotopic (exact) mass is 1350 g/mol. The normalized spacial score (nSPS) is 14.0. The molecule has 0 fully saturated rings. The van der Waals surface area contributed by atoms with Crippen LogP contribution in [0.1, 0.15) is 381 Å². The zero-order valence-corrected chi connectivity index (χ0v) is 61.5. The van der Waals surface area contributed by atoms with Gasteiger partial charge in [0.25, 0.3) is 0 Å². The van der Waals surface area contributed by atoms with Crippen LogP contribution in [0.2, 0.25) is 0 Å². The van der Waals surface area contributed by atoms with Crippen molar-refractivity contribution in [2.24, 2.45) is 5.92 Å². The van der Waals surface area contributed by atoms with Gasteiger partial charge in [0, 0.05) is 25.7 Å². The standard InChI is InChI=1S/C73H142O17P2/c1-6-9-12-15-18-20-22-23-24-25-26-27-28-29-30-31-34-39-44-49-54-59-73(78)90-69(63-84-71(76)57-52-47-42-38-35-32-33-36-41-45-50-55-66(4)5)65-88-92(81,82)86-61-67(74)60-85-91(79,80)87-64-68(62-83-70(75)56-51-46-40-17-14-11-8-3)89-72(77)58-53-48-43-37-21-19-16-13-10-7-2/h66-69,74H,6-65H2,1-5H3,(H,79,80)(H,81,82)/t67-,68+,69+/m0/s1. The molecule has 5 atom stereocenters. The topological polar surface area (TPSA) is 237 Å². The van der Waals surface area contributed by atoms with Crippen molar-refractivity contribution in [3.63, 3.8) is 0 Å². The largest absolute Gasteiger partial charge is 0.472 e. The van der Waals surface area contributed by atoms with Crippen molar-refractivity contribution in [1.82, 2.24) is 0 Å². The quantitative estimate of drug-likeness (QED) is 0.0222. The van der Waals surface area contributed by atoms with Crippen LogP contribution in [0.15, 0.2) is 0 Å². The van der Waals surface area contributed by atoms with Crippen molar-refractivity contribution in [3.8, 4) is 0 Å². The average molecular weight is 1350 g/mol. The summed E-state index contributed by atoms with van der Waals surface area (Å²) in [6.07, 6.45) is 54.4. The molecule has 0 amide bonds. The van der Waals surface area contributed by atoms with Crippen molar-refractivity contribution in [1.29, 1.82) is 0 Å². The molecule has 2 unspecified atom stereocenters. The zero-order chi connectivity index (χ0) is 67.7. The fraction of sp³-hybridized carbons (Fsp3) is 0.945. The molecule has 0 aliphatic carbocycles. The van der Waals surface area contributed by atoms with Crippen LogP contribution in [-0.4, -0.2) is 96.7 Å². The van der Waals surface area contributed by atoms with E-state index < -0.39 is 97.5 Å². The number of carbonyl (C=O) groups excluding carboxylic acids is 4. The number of rotatable bonds is 73. The Hall–Kier alpha value is -1.94. The van der Waals surface area contributed by atoms with E-state index >= 15 is 0 Å². The highest BCUT2D eigenvalue weighted by Gasteiger charge is 2.30. The van der Waals surface area contributed by atoms with E-state index in [1.807, 2.05) is 0 Å². The molecule has 546 valence electrons. The molecule has 0 rings (SSSR count). The second kappa shape index (κ2) is 66.3. The maximum Gasteiger partial charge on any atom is 0.472 e. The fourth-order valence-corrected chi connectivity index (χ4v) is 12.8. The summed E-state index contributed by atoms with van der Waals surface area (Å²) in [5.74, 6) is -1.35. The van der Waals surface area contributed by atoms with Crippen LogP contribution < -0.4 is 0 Å². The average Bonchev–Trinajstić information content (AvgIpc) is 1.99. The number of hydrogen-bond acceptors (Lipinski definition) is 15. The van der Waals surface area contributed by atoms with Crippen LogP contribution >= 0.6 is 15.6 Å². The first-order chi connectivity index (χ1) is 44.5. The molecule has 0 aliphatic rings. The molecule has 0 aromatic carbocycles. The highest BCUT2D eigenvalue weighted by Crippen LogP contribution is 2.45. The summed E-state index contributed by atoms with van der Waals surface area (Å²) < 4.78 is 68.2. The van der Waals surface area contributed by atoms with E-state index in [-0.39, 0.29) is 25.7 Å². The number of aliphatic hydroxyl groups is 1. The lowest BCUT2D eigenvalue weighted by atomic mass is 10.0. The highest BCUT2D eigenvalue weighted by atomic mass is 31.2. The second-order valence-electron chi connectivity index (χ2n) is 26.8. The van der Waals surface area contributed by atoms with E-state index in [0.717, 1.165) is 109 Å². The van der Waals surface area contributed by atoms with Gasteiger partial charge in [-0.2, -0.15) is 0 Å². The van der Waals surface area contributed by atoms with Crippen molar-refractivity contribution >= 4 is 39.5 Å². The van der Waals surface area contributed by atoms with Crippen LogP contribution in [-0.2, 0) is 65.4 Å². The summed E-state index contributed by atoms with van der Waals surface area (Å²) in [7, 11) is -9.90. The van der Waals surface area contributed by atoms with Crippen molar-refractivity contribution in [3.05, 3.63) is 0 Å². The first kappa shape index (κ1) is 90.1. The maximum absolute atomic E-state index is 13.1. The van der Waals surface area contributed by atoms with Gasteiger partial charge < -0.3 is 33.8 Å². The Bertz CT molecular complexity index is 1770. The lowest BCUT2D eigenvalue weighted by molar-refractivity contribution is -0.161. The maximum atomic E-state index is 13.1. The first-order valence-electron chi connectivity index (χ1n) is 38.1. The minimum Gasteiger partial charge on any atom is -0.462 e. The molecule has 0 spiro atoms. The van der Waals surface area contributed by atoms with Gasteiger partial charge in [-0.3, -0.25) is 37.3 Å². The molecule has 0 aromatic rings. The number of unbranched alkanes of at least 4 members (excludes halogenated alkanes) is 45. The molecule has 0 saturated carbocycles. The van der Waals surface area contributed by atoms with Crippen molar-refractivity contribution in [2.45, 2.75) is 400 Å². The summed E-state index contributed by atoms with van der Waals surface area (Å²) in [6, 6.07) is 0. The molecule has 0 bridgehead atoms. The molecular formula is C73H142O17P2. The van der Waals surface area contributed by atoms with Crippen LogP contribution in [0.25, 0.3) is 0 Å². The fourth-order valence-electron chi connectivity index (χ4n) is 11.2. The Balaban J connectivity index is 5.15. The Morgan fingerprint density at radius 1 is 0.293 bits per heavy atom. The van der Waals surface area contributed by atoms with Gasteiger partial charge in [-0.25, -0.2) is 9.13 Å². The molecule has 0 aromatic heterocycles. The predicted octanol–water partition coefficient (Wildman–Crippen LogP) is 21.3. The lowest BCUT2D eigenvalue weighted by Gasteiger charge is -2.21.